The topological polar surface area (TPSA) is 46.3 Å². The van der Waals surface area contributed by atoms with Gasteiger partial charge in [0.2, 0.25) is 0 Å². The molecule has 1 aromatic carbocycles. The Kier molecular flexibility index (Phi) is 6.93. The molecule has 0 atom stereocenters. The van der Waals surface area contributed by atoms with Crippen LogP contribution in [0.2, 0.25) is 0 Å². The van der Waals surface area contributed by atoms with E-state index in [2.05, 4.69) is 25.9 Å². The van der Waals surface area contributed by atoms with Crippen molar-refractivity contribution in [1.82, 2.24) is 4.90 Å². The molecule has 1 N–H and O–H groups in total. The monoisotopic (exact) mass is 350 g/mol. The van der Waals surface area contributed by atoms with Crippen molar-refractivity contribution in [2.75, 3.05) is 33.8 Å². The molecule has 0 bridgehead atoms. The molecule has 138 valence electrons. The number of piperidine rings is 1. The van der Waals surface area contributed by atoms with Gasteiger partial charge in [-0.25, -0.2) is 4.39 Å². The summed E-state index contributed by atoms with van der Waals surface area (Å²) in [6, 6.07) is 6.09. The summed E-state index contributed by atoms with van der Waals surface area (Å²) in [5.74, 6) is -0.451. The predicted molar refractivity (Wildman–Crippen MR) is 96.4 cm³/mol. The largest absolute Gasteiger partial charge is 0.465 e. The average Bonchev–Trinajstić information content (AvgIpc) is 2.59. The van der Waals surface area contributed by atoms with Crippen molar-refractivity contribution in [2.45, 2.75) is 32.7 Å². The normalized spacial score (nSPS) is 21.3. The first-order chi connectivity index (χ1) is 11.9. The fourth-order valence-electron chi connectivity index (χ4n) is 2.84. The number of likely N-dealkylation sites (tertiary alicyclic amines) is 1. The number of amides is 1. The van der Waals surface area contributed by atoms with Gasteiger partial charge in [0.25, 0.3) is 11.9 Å². The molecule has 1 amide bonds. The number of aliphatic imine (C=N–C) groups is 1. The van der Waals surface area contributed by atoms with E-state index >= 15 is 0 Å². The van der Waals surface area contributed by atoms with Crippen molar-refractivity contribution in [1.29, 1.82) is 0 Å². The number of carbonyl (C=O) groups excluding carboxylic acids is 1. The van der Waals surface area contributed by atoms with E-state index in [-0.39, 0.29) is 5.82 Å². The molecule has 1 fully saturated rings. The van der Waals surface area contributed by atoms with Crippen molar-refractivity contribution >= 4 is 11.9 Å². The van der Waals surface area contributed by atoms with Gasteiger partial charge in [0.15, 0.2) is 0 Å². The first kappa shape index (κ1) is 19.4. The molecular formula is C19H29FN3O2+. The Labute approximate surface area is 149 Å². The molecule has 0 unspecified atom stereocenters. The Hall–Kier alpha value is -1.95. The number of hydrogen-bond acceptors (Lipinski definition) is 2. The Balaban J connectivity index is 2.15. The smallest absolute Gasteiger partial charge is 0.295 e. The van der Waals surface area contributed by atoms with Crippen LogP contribution in [0.3, 0.4) is 0 Å². The van der Waals surface area contributed by atoms with Crippen LogP contribution in [0.15, 0.2) is 29.3 Å². The van der Waals surface area contributed by atoms with E-state index in [0.717, 1.165) is 25.9 Å². The maximum absolute atomic E-state index is 13.0. The molecule has 1 heterocycles. The molecule has 6 heteroatoms. The molecule has 0 radical (unpaired) electrons. The number of quaternary nitrogens is 1. The predicted octanol–water partition coefficient (Wildman–Crippen LogP) is 1.60. The Bertz CT molecular complexity index is 593. The maximum atomic E-state index is 13.0. The number of halogens is 1. The average molecular weight is 350 g/mol. The fraction of sp³-hybridized carbons (Fsp3) is 0.579. The summed E-state index contributed by atoms with van der Waals surface area (Å²) in [5, 5.41) is 0. The van der Waals surface area contributed by atoms with Crippen LogP contribution in [0, 0.1) is 11.7 Å². The molecule has 5 nitrogen and oxygen atoms in total. The zero-order valence-corrected chi connectivity index (χ0v) is 15.6. The van der Waals surface area contributed by atoms with Gasteiger partial charge in [-0.15, -0.1) is 0 Å². The minimum atomic E-state index is -0.413. The van der Waals surface area contributed by atoms with Crippen LogP contribution in [0.4, 0.5) is 4.39 Å². The summed E-state index contributed by atoms with van der Waals surface area (Å²) >= 11 is 0. The molecule has 1 aliphatic heterocycles. The second kappa shape index (κ2) is 8.94. The molecule has 0 spiro atoms. The van der Waals surface area contributed by atoms with Crippen LogP contribution in [0.5, 0.6) is 0 Å². The van der Waals surface area contributed by atoms with Crippen molar-refractivity contribution in [3.8, 4) is 0 Å². The highest BCUT2D eigenvalue weighted by Gasteiger charge is 2.26. The molecule has 0 aliphatic carbocycles. The van der Waals surface area contributed by atoms with E-state index in [0.29, 0.717) is 30.2 Å². The van der Waals surface area contributed by atoms with Crippen molar-refractivity contribution in [3.63, 3.8) is 0 Å². The maximum Gasteiger partial charge on any atom is 0.295 e. The van der Waals surface area contributed by atoms with Crippen LogP contribution in [-0.4, -0.2) is 56.7 Å². The zero-order valence-electron chi connectivity index (χ0n) is 15.6. The number of nitrogens with one attached hydrogen (secondary N) is 1. The van der Waals surface area contributed by atoms with E-state index in [4.69, 9.17) is 4.74 Å². The highest BCUT2D eigenvalue weighted by Crippen LogP contribution is 2.12. The number of rotatable bonds is 4. The number of carbonyl (C=O) groups is 1. The lowest BCUT2D eigenvalue weighted by Gasteiger charge is -2.34. The Morgan fingerprint density at radius 3 is 2.48 bits per heavy atom. The van der Waals surface area contributed by atoms with Gasteiger partial charge >= 0.3 is 0 Å². The minimum absolute atomic E-state index is 0.315. The zero-order chi connectivity index (χ0) is 18.4. The van der Waals surface area contributed by atoms with Crippen LogP contribution in [0.1, 0.15) is 37.0 Å². The molecule has 1 aliphatic rings. The van der Waals surface area contributed by atoms with Crippen molar-refractivity contribution in [2.24, 2.45) is 10.9 Å². The lowest BCUT2D eigenvalue weighted by Crippen LogP contribution is -3.10. The molecular weight excluding hydrogens is 321 g/mol. The van der Waals surface area contributed by atoms with Crippen molar-refractivity contribution < 1.29 is 18.8 Å². The molecule has 0 aromatic heterocycles. The van der Waals surface area contributed by atoms with Crippen LogP contribution < -0.4 is 4.90 Å². The number of amidine groups is 1. The van der Waals surface area contributed by atoms with E-state index in [1.807, 2.05) is 11.9 Å². The van der Waals surface area contributed by atoms with E-state index < -0.39 is 5.91 Å². The lowest BCUT2D eigenvalue weighted by atomic mass is 10.0. The Morgan fingerprint density at radius 2 is 1.92 bits per heavy atom. The fourth-order valence-corrected chi connectivity index (χ4v) is 2.84. The third-order valence-electron chi connectivity index (χ3n) is 4.49. The van der Waals surface area contributed by atoms with Gasteiger partial charge in [-0.2, -0.15) is 4.99 Å². The second-order valence-electron chi connectivity index (χ2n) is 7.21. The summed E-state index contributed by atoms with van der Waals surface area (Å²) in [6.45, 7) is 6.80. The van der Waals surface area contributed by atoms with E-state index in [9.17, 15) is 9.18 Å². The molecule has 2 rings (SSSR count). The summed E-state index contributed by atoms with van der Waals surface area (Å²) in [5.41, 5.74) is 0.355. The van der Waals surface area contributed by atoms with Crippen LogP contribution >= 0.6 is 0 Å². The van der Waals surface area contributed by atoms with Crippen LogP contribution in [0.25, 0.3) is 0 Å². The van der Waals surface area contributed by atoms with E-state index in [1.165, 1.54) is 29.2 Å². The van der Waals surface area contributed by atoms with Gasteiger partial charge in [0, 0.05) is 31.5 Å². The van der Waals surface area contributed by atoms with Gasteiger partial charge < -0.3 is 14.5 Å². The second-order valence-corrected chi connectivity index (χ2v) is 7.21. The van der Waals surface area contributed by atoms with Gasteiger partial charge in [0.05, 0.1) is 26.7 Å². The summed E-state index contributed by atoms with van der Waals surface area (Å²) in [4.78, 5) is 20.1. The summed E-state index contributed by atoms with van der Waals surface area (Å²) in [6.07, 6.45) is 2.08. The summed E-state index contributed by atoms with van der Waals surface area (Å²) < 4.78 is 18.9. The van der Waals surface area contributed by atoms with Crippen molar-refractivity contribution in [3.05, 3.63) is 35.6 Å². The quantitative estimate of drug-likeness (QED) is 0.663. The highest BCUT2D eigenvalue weighted by molar-refractivity contribution is 6.01. The third-order valence-corrected chi connectivity index (χ3v) is 4.49. The molecule has 25 heavy (non-hydrogen) atoms. The Morgan fingerprint density at radius 1 is 1.32 bits per heavy atom. The molecule has 1 aromatic rings. The van der Waals surface area contributed by atoms with Gasteiger partial charge in [-0.3, -0.25) is 4.79 Å². The number of ether oxygens (including phenoxy) is 1. The highest BCUT2D eigenvalue weighted by atomic mass is 19.1. The number of benzene rings is 1. The lowest BCUT2D eigenvalue weighted by molar-refractivity contribution is -0.885. The number of nitrogens with zero attached hydrogens (tertiary/aromatic N) is 2. The minimum Gasteiger partial charge on any atom is -0.465 e. The van der Waals surface area contributed by atoms with Gasteiger partial charge in [-0.05, 0) is 30.2 Å². The van der Waals surface area contributed by atoms with Gasteiger partial charge in [0.1, 0.15) is 5.82 Å². The van der Waals surface area contributed by atoms with E-state index in [1.54, 1.807) is 0 Å². The first-order valence-electron chi connectivity index (χ1n) is 8.92. The number of hydrogen-bond donors (Lipinski definition) is 1. The SMILES string of the molecule is CC(C)COC(=NC(=O)c1ccc(F)cc1)N(C)C1CC[NH+](C)CC1. The molecule has 0 saturated carbocycles. The van der Waals surface area contributed by atoms with Crippen LogP contribution in [-0.2, 0) is 4.74 Å². The summed E-state index contributed by atoms with van der Waals surface area (Å²) in [7, 11) is 4.13. The standard InChI is InChI=1S/C19H28FN3O2/c1-14(2)13-25-19(23(4)17-9-11-22(3)12-10-17)21-18(24)15-5-7-16(20)8-6-15/h5-8,14,17H,9-13H2,1-4H3/p+1. The first-order valence-corrected chi connectivity index (χ1v) is 8.92. The van der Waals surface area contributed by atoms with Gasteiger partial charge in [-0.1, -0.05) is 13.8 Å². The third kappa shape index (κ3) is 5.81. The molecule has 1 saturated heterocycles.